The van der Waals surface area contributed by atoms with Crippen LogP contribution in [0.4, 0.5) is 23.3 Å². The fraction of sp³-hybridized carbons (Fsp3) is 0.562. The molecule has 2 aromatic heterocycles. The average molecular weight is 1520 g/mol. The molecule has 2 aliphatic heterocycles. The zero-order valence-electron chi connectivity index (χ0n) is 61.3. The van der Waals surface area contributed by atoms with Crippen LogP contribution in [0.25, 0.3) is 44.3 Å². The van der Waals surface area contributed by atoms with Gasteiger partial charge in [0, 0.05) is 148 Å². The lowest BCUT2D eigenvalue weighted by molar-refractivity contribution is -0.123. The summed E-state index contributed by atoms with van der Waals surface area (Å²) < 4.78 is 70.8. The molecular weight excluding hydrogens is 1410 g/mol. The zero-order chi connectivity index (χ0) is 75.0. The van der Waals surface area contributed by atoms with Gasteiger partial charge in [0.1, 0.15) is 0 Å². The Balaban J connectivity index is 0.000000296. The van der Waals surface area contributed by atoms with E-state index in [9.17, 15) is 9.59 Å². The summed E-state index contributed by atoms with van der Waals surface area (Å²) in [6, 6.07) is 27.5. The Morgan fingerprint density at radius 1 is 0.415 bits per heavy atom. The summed E-state index contributed by atoms with van der Waals surface area (Å²) >= 11 is 12.7. The average Bonchev–Trinajstić information content (AvgIpc) is 0.784. The third-order valence-corrected chi connectivity index (χ3v) is 16.7. The highest BCUT2D eigenvalue weighted by atomic mass is 35.5. The van der Waals surface area contributed by atoms with Gasteiger partial charge in [-0.25, -0.2) is 19.9 Å². The number of nitrogens with two attached hydrogens (primary N) is 4. The van der Waals surface area contributed by atoms with Gasteiger partial charge in [-0.1, -0.05) is 47.5 Å². The molecule has 0 bridgehead atoms. The maximum absolute atomic E-state index is 11.9. The van der Waals surface area contributed by atoms with Crippen LogP contribution in [0.15, 0.2) is 94.9 Å². The molecule has 10 N–H and O–H groups in total. The van der Waals surface area contributed by atoms with Gasteiger partial charge in [0.15, 0.2) is 11.9 Å². The number of aliphatic imine (C=N–C) groups is 2. The van der Waals surface area contributed by atoms with Gasteiger partial charge in [0.2, 0.25) is 11.8 Å². The molecular formula is C73H108Cl2N16O15. The number of benzene rings is 4. The summed E-state index contributed by atoms with van der Waals surface area (Å²) in [7, 11) is 1.63. The fourth-order valence-corrected chi connectivity index (χ4v) is 11.2. The number of rotatable bonds is 52. The molecule has 0 atom stereocenters. The second kappa shape index (κ2) is 51.8. The molecule has 0 saturated carbocycles. The van der Waals surface area contributed by atoms with Crippen molar-refractivity contribution >= 4 is 92.0 Å². The molecule has 2 aliphatic rings. The van der Waals surface area contributed by atoms with Crippen molar-refractivity contribution in [3.05, 3.63) is 95.0 Å². The number of amides is 2. The van der Waals surface area contributed by atoms with Crippen molar-refractivity contribution < 1.29 is 71.2 Å². The molecule has 6 aromatic rings. The third-order valence-electron chi connectivity index (χ3n) is 16.3. The number of halogens is 2. The maximum atomic E-state index is 11.9. The third kappa shape index (κ3) is 34.2. The molecule has 8 rings (SSSR count). The summed E-state index contributed by atoms with van der Waals surface area (Å²) in [4.78, 5) is 59.8. The van der Waals surface area contributed by atoms with Crippen molar-refractivity contribution in [2.45, 2.75) is 19.8 Å². The van der Waals surface area contributed by atoms with Crippen LogP contribution in [-0.4, -0.2) is 304 Å². The van der Waals surface area contributed by atoms with Gasteiger partial charge in [-0.05, 0) is 67.6 Å². The highest BCUT2D eigenvalue weighted by Crippen LogP contribution is 2.34. The molecule has 0 unspecified atom stereocenters. The predicted octanol–water partition coefficient (Wildman–Crippen LogP) is 4.83. The molecule has 0 spiro atoms. The second-order valence-corrected chi connectivity index (χ2v) is 24.9. The summed E-state index contributed by atoms with van der Waals surface area (Å²) in [6.07, 6.45) is 0.594. The number of nitrogens with zero attached hydrogens (tertiary/aromatic N) is 10. The van der Waals surface area contributed by atoms with Gasteiger partial charge in [0.05, 0.1) is 181 Å². The first-order valence-corrected chi connectivity index (χ1v) is 36.9. The molecule has 584 valence electrons. The minimum Gasteiger partial charge on any atom is -0.382 e. The lowest BCUT2D eigenvalue weighted by Gasteiger charge is -2.36. The summed E-state index contributed by atoms with van der Waals surface area (Å²) in [5, 5.41) is 8.48. The van der Waals surface area contributed by atoms with Gasteiger partial charge >= 0.3 is 0 Å². The minimum atomic E-state index is -0.105. The molecule has 2 saturated heterocycles. The number of anilines is 2. The van der Waals surface area contributed by atoms with Crippen molar-refractivity contribution in [3.63, 3.8) is 0 Å². The molecule has 4 aromatic carbocycles. The van der Waals surface area contributed by atoms with E-state index < -0.39 is 0 Å². The Morgan fingerprint density at radius 2 is 0.755 bits per heavy atom. The first-order chi connectivity index (χ1) is 51.8. The smallest absolute Gasteiger partial charge is 0.253 e. The molecule has 106 heavy (non-hydrogen) atoms. The Morgan fingerprint density at radius 3 is 1.11 bits per heavy atom. The highest BCUT2D eigenvalue weighted by molar-refractivity contribution is 6.31. The summed E-state index contributed by atoms with van der Waals surface area (Å²) in [5.74, 6) is 0.0462. The fourth-order valence-electron chi connectivity index (χ4n) is 10.9. The van der Waals surface area contributed by atoms with E-state index in [0.29, 0.717) is 224 Å². The molecule has 2 fully saturated rings. The van der Waals surface area contributed by atoms with E-state index in [2.05, 4.69) is 84.4 Å². The van der Waals surface area contributed by atoms with Crippen LogP contribution in [0.5, 0.6) is 0 Å². The van der Waals surface area contributed by atoms with E-state index >= 15 is 0 Å². The second-order valence-electron chi connectivity index (χ2n) is 24.0. The Kier molecular flexibility index (Phi) is 42.0. The van der Waals surface area contributed by atoms with Crippen LogP contribution < -0.4 is 43.4 Å². The minimum absolute atomic E-state index is 0.0679. The van der Waals surface area contributed by atoms with Crippen LogP contribution in [0.2, 0.25) is 10.0 Å². The molecule has 31 nitrogen and oxygen atoms in total. The Bertz CT molecular complexity index is 3540. The molecule has 33 heteroatoms. The van der Waals surface area contributed by atoms with Crippen molar-refractivity contribution in [3.8, 4) is 22.5 Å². The number of methoxy groups -OCH3 is 1. The topological polar surface area (TPSA) is 372 Å². The van der Waals surface area contributed by atoms with Crippen molar-refractivity contribution in [2.75, 3.05) is 261 Å². The lowest BCUT2D eigenvalue weighted by Crippen LogP contribution is -2.47. The molecule has 4 heterocycles. The number of fused-ring (bicyclic) bond motifs is 2. The first-order valence-electron chi connectivity index (χ1n) is 36.1. The van der Waals surface area contributed by atoms with Crippen LogP contribution in [0, 0.1) is 0 Å². The number of ether oxygens (including phenoxy) is 13. The number of hydrogen-bond donors (Lipinski definition) is 6. The van der Waals surface area contributed by atoms with Crippen molar-refractivity contribution in [1.29, 1.82) is 0 Å². The Labute approximate surface area is 631 Å². The number of piperazine rings is 2. The molecule has 0 aliphatic carbocycles. The SMILES string of the molecule is CCOCCOCCOCCC(=O)NCCOCCOCCOCCN1CCN(c2cccc(-c3nc(N=C(N)N)nc4ccc(Cl)cc34)c2)CC1.COCCOCCOCCOCCC(=O)NCCOCCOCCOCCN1CCN(c2cccc(-c3nc(N=C(N)N)nc4ccc(Cl)cc34)c2)CC1. The van der Waals surface area contributed by atoms with Gasteiger partial charge in [0.25, 0.3) is 11.9 Å². The summed E-state index contributed by atoms with van der Waals surface area (Å²) in [6.45, 7) is 24.3. The van der Waals surface area contributed by atoms with E-state index in [1.165, 1.54) is 0 Å². The maximum Gasteiger partial charge on any atom is 0.253 e. The zero-order valence-corrected chi connectivity index (χ0v) is 62.8. The van der Waals surface area contributed by atoms with Crippen LogP contribution in [-0.2, 0) is 71.2 Å². The number of guanidine groups is 2. The number of carbonyl (C=O) groups excluding carboxylic acids is 2. The number of hydrogen-bond acceptors (Lipinski definition) is 25. The van der Waals surface area contributed by atoms with Crippen LogP contribution >= 0.6 is 23.2 Å². The highest BCUT2D eigenvalue weighted by Gasteiger charge is 2.21. The van der Waals surface area contributed by atoms with Crippen molar-refractivity contribution in [2.24, 2.45) is 32.9 Å². The van der Waals surface area contributed by atoms with Crippen molar-refractivity contribution in [1.82, 2.24) is 40.4 Å². The van der Waals surface area contributed by atoms with Crippen LogP contribution in [0.1, 0.15) is 19.8 Å². The van der Waals surface area contributed by atoms with E-state index in [1.54, 1.807) is 19.2 Å². The Hall–Kier alpha value is -7.38. The van der Waals surface area contributed by atoms with Gasteiger partial charge in [-0.15, -0.1) is 0 Å². The van der Waals surface area contributed by atoms with Gasteiger partial charge in [-0.3, -0.25) is 19.4 Å². The number of carbonyl (C=O) groups is 2. The van der Waals surface area contributed by atoms with Crippen LogP contribution in [0.3, 0.4) is 0 Å². The standard InChI is InChI=1S/C37H55ClN8O8.C36H53ClN8O7/c1-48-17-18-52-25-26-53-22-19-49-14-7-34(47)41-8-15-50-20-23-54-24-21-51-16-13-45-9-11-46(12-10-45)31-4-2-3-29(27-31)35-32-28-30(38)5-6-33(32)42-37(43-35)44-36(39)40;1-2-47-18-19-51-23-20-48-15-8-33(46)40-9-16-49-21-24-52-25-22-50-17-14-44-10-12-45(13-11-44)30-5-3-4-28(26-30)34-31-27-29(37)6-7-32(31)41-36(42-34)43-35(38)39/h2-6,27-28H,7-26H2,1H3,(H,41,47)(H4,39,40,42,43,44);3-7,26-27H,2,8-25H2,1H3,(H,40,46)(H4,38,39,41,42,43). The van der Waals surface area contributed by atoms with E-state index in [-0.39, 0.29) is 35.6 Å². The van der Waals surface area contributed by atoms with E-state index in [1.807, 2.05) is 55.5 Å². The predicted molar refractivity (Wildman–Crippen MR) is 411 cm³/mol. The summed E-state index contributed by atoms with van der Waals surface area (Å²) in [5.41, 5.74) is 29.4. The quantitative estimate of drug-likeness (QED) is 0.0169. The largest absolute Gasteiger partial charge is 0.382 e. The van der Waals surface area contributed by atoms with Gasteiger partial charge < -0.3 is 105 Å². The number of aromatic nitrogens is 4. The normalized spacial score (nSPS) is 13.4. The van der Waals surface area contributed by atoms with E-state index in [0.717, 1.165) is 98.7 Å². The lowest BCUT2D eigenvalue weighted by atomic mass is 10.1. The first kappa shape index (κ1) is 85.9. The monoisotopic (exact) mass is 1520 g/mol. The number of nitrogens with one attached hydrogen (secondary N) is 2. The molecule has 2 amide bonds. The van der Waals surface area contributed by atoms with Gasteiger partial charge in [-0.2, -0.15) is 9.98 Å². The molecule has 0 radical (unpaired) electrons. The van der Waals surface area contributed by atoms with E-state index in [4.69, 9.17) is 108 Å².